The molecule has 3 aromatic rings. The SMILES string of the molecule is COc1cccc(C=C2Oc3c(ccc4c3C(c3cc(F)c(F)c(F)c3)CC(=O)O4)C2=O)c1OC. The van der Waals surface area contributed by atoms with Crippen molar-refractivity contribution in [3.05, 3.63) is 87.9 Å². The van der Waals surface area contributed by atoms with Gasteiger partial charge in [-0.3, -0.25) is 9.59 Å². The maximum absolute atomic E-state index is 14.0. The van der Waals surface area contributed by atoms with Gasteiger partial charge in [-0.05, 0) is 42.0 Å². The van der Waals surface area contributed by atoms with Gasteiger partial charge in [0.05, 0.1) is 26.2 Å². The van der Waals surface area contributed by atoms with E-state index < -0.39 is 35.1 Å². The summed E-state index contributed by atoms with van der Waals surface area (Å²) in [4.78, 5) is 25.4. The fourth-order valence-electron chi connectivity index (χ4n) is 4.33. The number of carbonyl (C=O) groups excluding carboxylic acids is 2. The van der Waals surface area contributed by atoms with Crippen molar-refractivity contribution in [2.45, 2.75) is 12.3 Å². The van der Waals surface area contributed by atoms with E-state index in [0.717, 1.165) is 12.1 Å². The van der Waals surface area contributed by atoms with Crippen molar-refractivity contribution in [2.24, 2.45) is 0 Å². The fraction of sp³-hybridized carbons (Fsp3) is 0.154. The Morgan fingerprint density at radius 3 is 2.40 bits per heavy atom. The minimum absolute atomic E-state index is 0.00986. The molecule has 0 aliphatic carbocycles. The lowest BCUT2D eigenvalue weighted by atomic mass is 9.84. The van der Waals surface area contributed by atoms with Gasteiger partial charge in [-0.1, -0.05) is 12.1 Å². The molecule has 35 heavy (non-hydrogen) atoms. The standard InChI is InChI=1S/C26H17F3O6/c1-32-19-5-3-4-12(25(19)33-2)10-20-24(31)14-6-7-18-22(26(14)35-20)15(11-21(30)34-18)13-8-16(27)23(29)17(28)9-13/h3-10,15H,11H2,1-2H3. The van der Waals surface area contributed by atoms with Crippen LogP contribution in [0.4, 0.5) is 13.2 Å². The van der Waals surface area contributed by atoms with E-state index in [4.69, 9.17) is 18.9 Å². The van der Waals surface area contributed by atoms with Crippen molar-refractivity contribution in [1.82, 2.24) is 0 Å². The number of ether oxygens (including phenoxy) is 4. The van der Waals surface area contributed by atoms with Crippen LogP contribution >= 0.6 is 0 Å². The quantitative estimate of drug-likeness (QED) is 0.221. The zero-order valence-corrected chi connectivity index (χ0v) is 18.5. The van der Waals surface area contributed by atoms with Gasteiger partial charge >= 0.3 is 5.97 Å². The van der Waals surface area contributed by atoms with Crippen molar-refractivity contribution in [3.63, 3.8) is 0 Å². The summed E-state index contributed by atoms with van der Waals surface area (Å²) in [6, 6.07) is 9.63. The highest BCUT2D eigenvalue weighted by Crippen LogP contribution is 2.49. The van der Waals surface area contributed by atoms with Gasteiger partial charge in [-0.15, -0.1) is 0 Å². The molecule has 3 aromatic carbocycles. The number of benzene rings is 3. The van der Waals surface area contributed by atoms with E-state index in [1.54, 1.807) is 18.2 Å². The lowest BCUT2D eigenvalue weighted by molar-refractivity contribution is -0.135. The minimum Gasteiger partial charge on any atom is -0.493 e. The van der Waals surface area contributed by atoms with Gasteiger partial charge < -0.3 is 18.9 Å². The summed E-state index contributed by atoms with van der Waals surface area (Å²) in [6.45, 7) is 0. The average molecular weight is 482 g/mol. The molecule has 0 aromatic heterocycles. The fourth-order valence-corrected chi connectivity index (χ4v) is 4.33. The van der Waals surface area contributed by atoms with Crippen LogP contribution in [-0.4, -0.2) is 26.0 Å². The van der Waals surface area contributed by atoms with Crippen LogP contribution < -0.4 is 18.9 Å². The van der Waals surface area contributed by atoms with Gasteiger partial charge in [0.1, 0.15) is 11.5 Å². The summed E-state index contributed by atoms with van der Waals surface area (Å²) in [5, 5.41) is 0. The van der Waals surface area contributed by atoms with E-state index in [2.05, 4.69) is 0 Å². The zero-order valence-electron chi connectivity index (χ0n) is 18.5. The Morgan fingerprint density at radius 2 is 1.71 bits per heavy atom. The number of hydrogen-bond acceptors (Lipinski definition) is 6. The second kappa shape index (κ2) is 8.50. The number of carbonyl (C=O) groups is 2. The van der Waals surface area contributed by atoms with Crippen LogP contribution in [0.3, 0.4) is 0 Å². The van der Waals surface area contributed by atoms with Crippen LogP contribution in [0.2, 0.25) is 0 Å². The van der Waals surface area contributed by atoms with Crippen LogP contribution in [0, 0.1) is 17.5 Å². The summed E-state index contributed by atoms with van der Waals surface area (Å²) in [7, 11) is 2.94. The number of hydrogen-bond donors (Lipinski definition) is 0. The van der Waals surface area contributed by atoms with Gasteiger partial charge in [0, 0.05) is 17.0 Å². The summed E-state index contributed by atoms with van der Waals surface area (Å²) in [5.74, 6) is -5.42. The molecule has 1 atom stereocenters. The molecule has 6 nitrogen and oxygen atoms in total. The first-order valence-corrected chi connectivity index (χ1v) is 10.5. The number of Topliss-reactive ketones (excluding diaryl/α,β-unsaturated/α-hetero) is 1. The van der Waals surface area contributed by atoms with Gasteiger partial charge in [-0.2, -0.15) is 0 Å². The first-order chi connectivity index (χ1) is 16.8. The highest BCUT2D eigenvalue weighted by molar-refractivity contribution is 6.15. The lowest BCUT2D eigenvalue weighted by Crippen LogP contribution is -2.22. The number of ketones is 1. The van der Waals surface area contributed by atoms with Gasteiger partial charge in [-0.25, -0.2) is 13.2 Å². The highest BCUT2D eigenvalue weighted by atomic mass is 19.2. The molecule has 0 saturated heterocycles. The van der Waals surface area contributed by atoms with Crippen LogP contribution in [0.25, 0.3) is 6.08 Å². The Bertz CT molecular complexity index is 1410. The maximum Gasteiger partial charge on any atom is 0.312 e. The molecular weight excluding hydrogens is 465 g/mol. The third kappa shape index (κ3) is 3.69. The molecule has 0 amide bonds. The smallest absolute Gasteiger partial charge is 0.312 e. The molecule has 2 aliphatic heterocycles. The van der Waals surface area contributed by atoms with Crippen molar-refractivity contribution < 1.29 is 41.7 Å². The number of allylic oxidation sites excluding steroid dienone is 1. The summed E-state index contributed by atoms with van der Waals surface area (Å²) < 4.78 is 63.5. The van der Waals surface area contributed by atoms with Crippen molar-refractivity contribution in [2.75, 3.05) is 14.2 Å². The normalized spacial score (nSPS) is 17.5. The predicted molar refractivity (Wildman–Crippen MR) is 117 cm³/mol. The van der Waals surface area contributed by atoms with Crippen molar-refractivity contribution in [1.29, 1.82) is 0 Å². The summed E-state index contributed by atoms with van der Waals surface area (Å²) in [6.07, 6.45) is 1.20. The summed E-state index contributed by atoms with van der Waals surface area (Å²) in [5.41, 5.74) is 0.975. The molecule has 2 aliphatic rings. The highest BCUT2D eigenvalue weighted by Gasteiger charge is 2.39. The number of fused-ring (bicyclic) bond motifs is 3. The Hall–Kier alpha value is -4.27. The lowest BCUT2D eigenvalue weighted by Gasteiger charge is -2.26. The molecule has 2 heterocycles. The second-order valence-electron chi connectivity index (χ2n) is 7.91. The Labute approximate surface area is 197 Å². The maximum atomic E-state index is 14.0. The monoisotopic (exact) mass is 482 g/mol. The molecule has 0 radical (unpaired) electrons. The molecule has 9 heteroatoms. The Morgan fingerprint density at radius 1 is 0.971 bits per heavy atom. The van der Waals surface area contributed by atoms with E-state index in [9.17, 15) is 22.8 Å². The zero-order chi connectivity index (χ0) is 24.9. The number of para-hydroxylation sites is 1. The molecule has 1 unspecified atom stereocenters. The van der Waals surface area contributed by atoms with E-state index >= 15 is 0 Å². The molecule has 0 fully saturated rings. The van der Waals surface area contributed by atoms with Crippen molar-refractivity contribution in [3.8, 4) is 23.0 Å². The molecule has 5 rings (SSSR count). The number of methoxy groups -OCH3 is 2. The van der Waals surface area contributed by atoms with Crippen LogP contribution in [0.15, 0.2) is 48.2 Å². The first kappa shape index (κ1) is 22.5. The second-order valence-corrected chi connectivity index (χ2v) is 7.91. The van der Waals surface area contributed by atoms with Gasteiger partial charge in [0.15, 0.2) is 34.7 Å². The molecule has 0 N–H and O–H groups in total. The average Bonchev–Trinajstić information content (AvgIpc) is 3.16. The number of rotatable bonds is 4. The topological polar surface area (TPSA) is 71.1 Å². The Balaban J connectivity index is 1.63. The van der Waals surface area contributed by atoms with Crippen LogP contribution in [0.1, 0.15) is 39.4 Å². The molecule has 0 spiro atoms. The first-order valence-electron chi connectivity index (χ1n) is 10.5. The third-order valence-electron chi connectivity index (χ3n) is 5.91. The van der Waals surface area contributed by atoms with Gasteiger partial charge in [0.2, 0.25) is 5.78 Å². The molecule has 178 valence electrons. The third-order valence-corrected chi connectivity index (χ3v) is 5.91. The molecule has 0 saturated carbocycles. The van der Waals surface area contributed by atoms with Gasteiger partial charge in [0.25, 0.3) is 0 Å². The summed E-state index contributed by atoms with van der Waals surface area (Å²) >= 11 is 0. The van der Waals surface area contributed by atoms with Crippen molar-refractivity contribution >= 4 is 17.8 Å². The van der Waals surface area contributed by atoms with E-state index in [0.29, 0.717) is 17.1 Å². The van der Waals surface area contributed by atoms with Crippen LogP contribution in [-0.2, 0) is 4.79 Å². The Kier molecular flexibility index (Phi) is 5.47. The largest absolute Gasteiger partial charge is 0.493 e. The number of esters is 1. The van der Waals surface area contributed by atoms with E-state index in [1.165, 1.54) is 32.4 Å². The van der Waals surface area contributed by atoms with Crippen LogP contribution in [0.5, 0.6) is 23.0 Å². The minimum atomic E-state index is -1.62. The molecular formula is C26H17F3O6. The molecule has 0 bridgehead atoms. The van der Waals surface area contributed by atoms with E-state index in [1.807, 2.05) is 0 Å². The van der Waals surface area contributed by atoms with E-state index in [-0.39, 0.29) is 40.4 Å². The predicted octanol–water partition coefficient (Wildman–Crippen LogP) is 5.18. The number of halogens is 3.